The predicted molar refractivity (Wildman–Crippen MR) is 67.9 cm³/mol. The summed E-state index contributed by atoms with van der Waals surface area (Å²) in [4.78, 5) is 2.24. The van der Waals surface area contributed by atoms with Gasteiger partial charge in [-0.1, -0.05) is 6.07 Å². The molecule has 0 radical (unpaired) electrons. The van der Waals surface area contributed by atoms with Crippen molar-refractivity contribution < 1.29 is 4.74 Å². The molecule has 16 heavy (non-hydrogen) atoms. The van der Waals surface area contributed by atoms with Crippen LogP contribution in [-0.4, -0.2) is 32.8 Å². The fraction of sp³-hybridized carbons (Fsp3) is 0.538. The first kappa shape index (κ1) is 13.0. The lowest BCUT2D eigenvalue weighted by Crippen LogP contribution is -2.28. The number of hydrogen-bond acceptors (Lipinski definition) is 3. The maximum Gasteiger partial charge on any atom is 0.122 e. The zero-order valence-electron chi connectivity index (χ0n) is 10.9. The molecule has 1 rings (SSSR count). The van der Waals surface area contributed by atoms with E-state index in [4.69, 9.17) is 4.74 Å². The molecular formula is C13H22N2O. The summed E-state index contributed by atoms with van der Waals surface area (Å²) in [5.74, 6) is 0.970. The van der Waals surface area contributed by atoms with Gasteiger partial charge in [0.15, 0.2) is 0 Å². The van der Waals surface area contributed by atoms with Gasteiger partial charge in [-0.3, -0.25) is 4.90 Å². The van der Waals surface area contributed by atoms with Crippen molar-refractivity contribution in [1.29, 1.82) is 0 Å². The van der Waals surface area contributed by atoms with Crippen LogP contribution >= 0.6 is 0 Å². The summed E-state index contributed by atoms with van der Waals surface area (Å²) in [6, 6.07) is 4.19. The summed E-state index contributed by atoms with van der Waals surface area (Å²) in [6.45, 7) is 6.11. The lowest BCUT2D eigenvalue weighted by molar-refractivity contribution is 0.309. The molecule has 0 aliphatic rings. The Hall–Kier alpha value is -1.06. The molecule has 0 heterocycles. The summed E-state index contributed by atoms with van der Waals surface area (Å²) in [5.41, 5.74) is 3.91. The molecule has 0 saturated carbocycles. The van der Waals surface area contributed by atoms with Crippen molar-refractivity contribution in [2.24, 2.45) is 0 Å². The Kier molecular flexibility index (Phi) is 4.77. The van der Waals surface area contributed by atoms with Gasteiger partial charge in [-0.25, -0.2) is 0 Å². The van der Waals surface area contributed by atoms with Crippen molar-refractivity contribution in [3.63, 3.8) is 0 Å². The van der Waals surface area contributed by atoms with Crippen LogP contribution in [0.5, 0.6) is 5.75 Å². The van der Waals surface area contributed by atoms with E-state index in [1.165, 1.54) is 16.7 Å². The van der Waals surface area contributed by atoms with Crippen LogP contribution in [0.25, 0.3) is 0 Å². The molecule has 1 aromatic rings. The molecule has 1 N–H and O–H groups in total. The number of methoxy groups -OCH3 is 1. The SMILES string of the molecule is CNCN(C)Cc1ccc(OC)c(C)c1C. The molecule has 0 aliphatic heterocycles. The quantitative estimate of drug-likeness (QED) is 0.770. The lowest BCUT2D eigenvalue weighted by Gasteiger charge is -2.19. The van der Waals surface area contributed by atoms with Gasteiger partial charge in [-0.15, -0.1) is 0 Å². The average Bonchev–Trinajstić information content (AvgIpc) is 2.25. The number of benzene rings is 1. The fourth-order valence-corrected chi connectivity index (χ4v) is 1.86. The second-order valence-electron chi connectivity index (χ2n) is 4.20. The Morgan fingerprint density at radius 1 is 1.25 bits per heavy atom. The van der Waals surface area contributed by atoms with Gasteiger partial charge in [0.25, 0.3) is 0 Å². The van der Waals surface area contributed by atoms with Crippen LogP contribution in [0.15, 0.2) is 12.1 Å². The van der Waals surface area contributed by atoms with Crippen molar-refractivity contribution in [2.75, 3.05) is 27.9 Å². The number of nitrogens with zero attached hydrogens (tertiary/aromatic N) is 1. The third-order valence-electron chi connectivity index (χ3n) is 2.94. The van der Waals surface area contributed by atoms with Crippen molar-refractivity contribution in [3.05, 3.63) is 28.8 Å². The van der Waals surface area contributed by atoms with E-state index >= 15 is 0 Å². The van der Waals surface area contributed by atoms with Gasteiger partial charge in [-0.2, -0.15) is 0 Å². The van der Waals surface area contributed by atoms with Gasteiger partial charge < -0.3 is 10.1 Å². The van der Waals surface area contributed by atoms with Crippen LogP contribution < -0.4 is 10.1 Å². The zero-order valence-corrected chi connectivity index (χ0v) is 10.9. The first-order chi connectivity index (χ1) is 7.60. The van der Waals surface area contributed by atoms with Crippen molar-refractivity contribution in [1.82, 2.24) is 10.2 Å². The number of ether oxygens (including phenoxy) is 1. The van der Waals surface area contributed by atoms with Crippen molar-refractivity contribution in [3.8, 4) is 5.75 Å². The molecule has 90 valence electrons. The minimum Gasteiger partial charge on any atom is -0.496 e. The number of hydrogen-bond donors (Lipinski definition) is 1. The molecule has 0 unspecified atom stereocenters. The Labute approximate surface area is 98.4 Å². The average molecular weight is 222 g/mol. The second-order valence-corrected chi connectivity index (χ2v) is 4.20. The Morgan fingerprint density at radius 2 is 1.94 bits per heavy atom. The molecule has 1 aromatic carbocycles. The summed E-state index contributed by atoms with van der Waals surface area (Å²) < 4.78 is 5.31. The maximum absolute atomic E-state index is 5.31. The van der Waals surface area contributed by atoms with Gasteiger partial charge in [-0.05, 0) is 50.7 Å². The first-order valence-electron chi connectivity index (χ1n) is 5.56. The molecular weight excluding hydrogens is 200 g/mol. The highest BCUT2D eigenvalue weighted by Gasteiger charge is 2.08. The number of nitrogens with one attached hydrogen (secondary N) is 1. The Bertz CT molecular complexity index is 350. The zero-order chi connectivity index (χ0) is 12.1. The lowest BCUT2D eigenvalue weighted by atomic mass is 10.0. The molecule has 3 nitrogen and oxygen atoms in total. The molecule has 0 saturated heterocycles. The van der Waals surface area contributed by atoms with Gasteiger partial charge in [0.05, 0.1) is 7.11 Å². The minimum absolute atomic E-state index is 0.893. The molecule has 3 heteroatoms. The summed E-state index contributed by atoms with van der Waals surface area (Å²) in [5, 5.41) is 3.15. The molecule has 0 spiro atoms. The van der Waals surface area contributed by atoms with Gasteiger partial charge in [0, 0.05) is 13.2 Å². The highest BCUT2D eigenvalue weighted by Crippen LogP contribution is 2.24. The van der Waals surface area contributed by atoms with Crippen molar-refractivity contribution >= 4 is 0 Å². The standard InChI is InChI=1S/C13H22N2O/c1-10-11(2)13(16-5)7-6-12(10)8-15(4)9-14-3/h6-7,14H,8-9H2,1-5H3. The largest absolute Gasteiger partial charge is 0.496 e. The van der Waals surface area contributed by atoms with Gasteiger partial charge in [0.1, 0.15) is 5.75 Å². The third-order valence-corrected chi connectivity index (χ3v) is 2.94. The van der Waals surface area contributed by atoms with Gasteiger partial charge in [0.2, 0.25) is 0 Å². The Morgan fingerprint density at radius 3 is 2.50 bits per heavy atom. The van der Waals surface area contributed by atoms with Crippen LogP contribution in [-0.2, 0) is 6.54 Å². The highest BCUT2D eigenvalue weighted by molar-refractivity contribution is 5.43. The maximum atomic E-state index is 5.31. The van der Waals surface area contributed by atoms with Crippen molar-refractivity contribution in [2.45, 2.75) is 20.4 Å². The monoisotopic (exact) mass is 222 g/mol. The second kappa shape index (κ2) is 5.87. The summed E-state index contributed by atoms with van der Waals surface area (Å²) in [6.07, 6.45) is 0. The van der Waals surface area contributed by atoms with E-state index in [2.05, 4.69) is 37.2 Å². The first-order valence-corrected chi connectivity index (χ1v) is 5.56. The van der Waals surface area contributed by atoms with E-state index in [0.29, 0.717) is 0 Å². The van der Waals surface area contributed by atoms with E-state index in [1.54, 1.807) is 7.11 Å². The molecule has 0 amide bonds. The van der Waals surface area contributed by atoms with E-state index in [0.717, 1.165) is 19.0 Å². The normalized spacial score (nSPS) is 10.9. The fourth-order valence-electron chi connectivity index (χ4n) is 1.86. The predicted octanol–water partition coefficient (Wildman–Crippen LogP) is 1.92. The van der Waals surface area contributed by atoms with Crippen LogP contribution in [0, 0.1) is 13.8 Å². The van der Waals surface area contributed by atoms with E-state index in [-0.39, 0.29) is 0 Å². The number of rotatable bonds is 5. The molecule has 0 aromatic heterocycles. The van der Waals surface area contributed by atoms with Crippen LogP contribution in [0.2, 0.25) is 0 Å². The summed E-state index contributed by atoms with van der Waals surface area (Å²) >= 11 is 0. The minimum atomic E-state index is 0.893. The van der Waals surface area contributed by atoms with E-state index in [1.807, 2.05) is 13.1 Å². The van der Waals surface area contributed by atoms with Gasteiger partial charge >= 0.3 is 0 Å². The summed E-state index contributed by atoms with van der Waals surface area (Å²) in [7, 11) is 5.78. The van der Waals surface area contributed by atoms with Crippen LogP contribution in [0.3, 0.4) is 0 Å². The van der Waals surface area contributed by atoms with Crippen LogP contribution in [0.1, 0.15) is 16.7 Å². The van der Waals surface area contributed by atoms with Crippen LogP contribution in [0.4, 0.5) is 0 Å². The van der Waals surface area contributed by atoms with E-state index in [9.17, 15) is 0 Å². The smallest absolute Gasteiger partial charge is 0.122 e. The third kappa shape index (κ3) is 2.97. The molecule has 0 aliphatic carbocycles. The molecule has 0 atom stereocenters. The molecule has 0 fully saturated rings. The Balaban J connectivity index is 2.86. The molecule has 0 bridgehead atoms. The van der Waals surface area contributed by atoms with E-state index < -0.39 is 0 Å². The highest BCUT2D eigenvalue weighted by atomic mass is 16.5. The topological polar surface area (TPSA) is 24.5 Å².